The van der Waals surface area contributed by atoms with Crippen LogP contribution in [0, 0.1) is 5.82 Å². The van der Waals surface area contributed by atoms with Crippen LogP contribution in [-0.4, -0.2) is 40.9 Å². The molecule has 1 N–H and O–H groups in total. The molecule has 2 aromatic heterocycles. The van der Waals surface area contributed by atoms with Crippen LogP contribution in [0.4, 0.5) is 4.39 Å². The molecule has 1 aromatic carbocycles. The van der Waals surface area contributed by atoms with Gasteiger partial charge in [0.1, 0.15) is 11.5 Å². The summed E-state index contributed by atoms with van der Waals surface area (Å²) in [6.07, 6.45) is 4.83. The molecule has 0 fully saturated rings. The largest absolute Gasteiger partial charge is 0.356 e. The summed E-state index contributed by atoms with van der Waals surface area (Å²) in [6, 6.07) is 12.6. The molecule has 2 heterocycles. The van der Waals surface area contributed by atoms with Crippen LogP contribution < -0.4 is 5.32 Å². The molecule has 25 heavy (non-hydrogen) atoms. The summed E-state index contributed by atoms with van der Waals surface area (Å²) in [5.41, 5.74) is 2.89. The van der Waals surface area contributed by atoms with Crippen LogP contribution in [0.15, 0.2) is 59.9 Å². The fourth-order valence-electron chi connectivity index (χ4n) is 2.78. The van der Waals surface area contributed by atoms with Crippen molar-refractivity contribution in [3.63, 3.8) is 0 Å². The predicted molar refractivity (Wildman–Crippen MR) is 98.1 cm³/mol. The van der Waals surface area contributed by atoms with Crippen LogP contribution in [-0.2, 0) is 13.0 Å². The van der Waals surface area contributed by atoms with Crippen LogP contribution in [0.1, 0.15) is 11.3 Å². The molecule has 3 rings (SSSR count). The number of halogens is 1. The molecule has 0 aliphatic rings. The highest BCUT2D eigenvalue weighted by atomic mass is 19.1. The van der Waals surface area contributed by atoms with E-state index in [1.165, 1.54) is 6.07 Å². The van der Waals surface area contributed by atoms with E-state index in [2.05, 4.69) is 15.3 Å². The Hall–Kier alpha value is -2.89. The van der Waals surface area contributed by atoms with Gasteiger partial charge in [0.2, 0.25) is 0 Å². The van der Waals surface area contributed by atoms with Gasteiger partial charge in [0.15, 0.2) is 5.96 Å². The molecule has 0 amide bonds. The lowest BCUT2D eigenvalue weighted by molar-refractivity contribution is 0.475. The molecular formula is C19H22FN5. The first-order valence-corrected chi connectivity index (χ1v) is 8.24. The van der Waals surface area contributed by atoms with E-state index >= 15 is 0 Å². The van der Waals surface area contributed by atoms with Gasteiger partial charge in [-0.25, -0.2) is 9.37 Å². The maximum absolute atomic E-state index is 13.3. The fraction of sp³-hybridized carbons (Fsp3) is 0.263. The van der Waals surface area contributed by atoms with Gasteiger partial charge in [0, 0.05) is 46.0 Å². The number of hydrogen-bond donors (Lipinski definition) is 1. The molecule has 6 heteroatoms. The summed E-state index contributed by atoms with van der Waals surface area (Å²) in [6.45, 7) is 1.32. The highest BCUT2D eigenvalue weighted by Crippen LogP contribution is 2.07. The third-order valence-electron chi connectivity index (χ3n) is 3.96. The van der Waals surface area contributed by atoms with Gasteiger partial charge in [-0.05, 0) is 29.8 Å². The first kappa shape index (κ1) is 17.0. The lowest BCUT2D eigenvalue weighted by Crippen LogP contribution is -2.39. The number of guanidine groups is 1. The lowest BCUT2D eigenvalue weighted by Gasteiger charge is -2.22. The Morgan fingerprint density at radius 3 is 2.92 bits per heavy atom. The molecule has 0 unspecified atom stereocenters. The van der Waals surface area contributed by atoms with Crippen molar-refractivity contribution in [1.82, 2.24) is 19.6 Å². The van der Waals surface area contributed by atoms with E-state index < -0.39 is 0 Å². The van der Waals surface area contributed by atoms with E-state index in [1.54, 1.807) is 19.2 Å². The predicted octanol–water partition coefficient (Wildman–Crippen LogP) is 2.72. The quantitative estimate of drug-likeness (QED) is 0.574. The van der Waals surface area contributed by atoms with Gasteiger partial charge >= 0.3 is 0 Å². The highest BCUT2D eigenvalue weighted by Gasteiger charge is 2.08. The lowest BCUT2D eigenvalue weighted by atomic mass is 10.2. The van der Waals surface area contributed by atoms with E-state index in [0.717, 1.165) is 35.8 Å². The number of fused-ring (bicyclic) bond motifs is 1. The highest BCUT2D eigenvalue weighted by molar-refractivity contribution is 5.79. The molecule has 0 spiro atoms. The van der Waals surface area contributed by atoms with Crippen molar-refractivity contribution in [3.8, 4) is 0 Å². The molecule has 130 valence electrons. The van der Waals surface area contributed by atoms with Crippen molar-refractivity contribution < 1.29 is 4.39 Å². The number of benzene rings is 1. The summed E-state index contributed by atoms with van der Waals surface area (Å²) in [5.74, 6) is 0.550. The van der Waals surface area contributed by atoms with Crippen LogP contribution in [0.3, 0.4) is 0 Å². The van der Waals surface area contributed by atoms with Crippen molar-refractivity contribution >= 4 is 11.6 Å². The summed E-state index contributed by atoms with van der Waals surface area (Å²) in [4.78, 5) is 10.8. The first-order chi connectivity index (χ1) is 12.2. The molecule has 5 nitrogen and oxygen atoms in total. The zero-order chi connectivity index (χ0) is 17.6. The van der Waals surface area contributed by atoms with Crippen LogP contribution >= 0.6 is 0 Å². The van der Waals surface area contributed by atoms with Crippen molar-refractivity contribution in [2.75, 3.05) is 20.6 Å². The number of aliphatic imine (C=N–C) groups is 1. The number of rotatable bonds is 5. The van der Waals surface area contributed by atoms with Gasteiger partial charge in [-0.1, -0.05) is 18.2 Å². The standard InChI is InChI=1S/C19H22FN5/c1-21-19(24(2)13-15-6-5-7-16(20)12-15)22-10-9-17-14-25-11-4-3-8-18(25)23-17/h3-8,11-12,14H,9-10,13H2,1-2H3,(H,21,22). The normalized spacial score (nSPS) is 11.7. The van der Waals surface area contributed by atoms with Gasteiger partial charge in [-0.15, -0.1) is 0 Å². The van der Waals surface area contributed by atoms with Gasteiger partial charge in [-0.2, -0.15) is 0 Å². The van der Waals surface area contributed by atoms with Crippen LogP contribution in [0.5, 0.6) is 0 Å². The third kappa shape index (κ3) is 4.35. The van der Waals surface area contributed by atoms with Crippen molar-refractivity contribution in [3.05, 3.63) is 71.9 Å². The maximum atomic E-state index is 13.3. The van der Waals surface area contributed by atoms with E-state index in [0.29, 0.717) is 6.54 Å². The zero-order valence-electron chi connectivity index (χ0n) is 14.5. The number of hydrogen-bond acceptors (Lipinski definition) is 2. The molecule has 0 aliphatic carbocycles. The third-order valence-corrected chi connectivity index (χ3v) is 3.96. The second-order valence-electron chi connectivity index (χ2n) is 5.91. The molecule has 0 saturated heterocycles. The first-order valence-electron chi connectivity index (χ1n) is 8.24. The minimum absolute atomic E-state index is 0.222. The Labute approximate surface area is 146 Å². The van der Waals surface area contributed by atoms with E-state index in [4.69, 9.17) is 0 Å². The average molecular weight is 339 g/mol. The van der Waals surface area contributed by atoms with Crippen LogP contribution in [0.25, 0.3) is 5.65 Å². The van der Waals surface area contributed by atoms with Crippen molar-refractivity contribution in [1.29, 1.82) is 0 Å². The Balaban J connectivity index is 1.55. The summed E-state index contributed by atoms with van der Waals surface area (Å²) < 4.78 is 15.3. The second kappa shape index (κ2) is 7.79. The zero-order valence-corrected chi connectivity index (χ0v) is 14.5. The van der Waals surface area contributed by atoms with E-state index in [9.17, 15) is 4.39 Å². The van der Waals surface area contributed by atoms with Gasteiger partial charge in [0.25, 0.3) is 0 Å². The topological polar surface area (TPSA) is 44.9 Å². The molecule has 0 saturated carbocycles. The number of pyridine rings is 1. The number of aromatic nitrogens is 2. The summed E-state index contributed by atoms with van der Waals surface area (Å²) in [5, 5.41) is 3.33. The maximum Gasteiger partial charge on any atom is 0.193 e. The SMILES string of the molecule is CN=C(NCCc1cn2ccccc2n1)N(C)Cc1cccc(F)c1. The number of imidazole rings is 1. The molecule has 3 aromatic rings. The van der Waals surface area contributed by atoms with E-state index in [-0.39, 0.29) is 5.82 Å². The van der Waals surface area contributed by atoms with E-state index in [1.807, 2.05) is 53.0 Å². The molecular weight excluding hydrogens is 317 g/mol. The Bertz CT molecular complexity index is 838. The number of nitrogens with zero attached hydrogens (tertiary/aromatic N) is 4. The summed E-state index contributed by atoms with van der Waals surface area (Å²) >= 11 is 0. The van der Waals surface area contributed by atoms with Crippen molar-refractivity contribution in [2.45, 2.75) is 13.0 Å². The minimum Gasteiger partial charge on any atom is -0.356 e. The number of nitrogens with one attached hydrogen (secondary N) is 1. The Morgan fingerprint density at radius 2 is 2.16 bits per heavy atom. The second-order valence-corrected chi connectivity index (χ2v) is 5.91. The minimum atomic E-state index is -0.222. The smallest absolute Gasteiger partial charge is 0.193 e. The molecule has 0 bridgehead atoms. The van der Waals surface area contributed by atoms with Gasteiger partial charge in [0.05, 0.1) is 5.69 Å². The molecule has 0 aliphatic heterocycles. The molecule has 0 radical (unpaired) electrons. The van der Waals surface area contributed by atoms with Gasteiger partial charge < -0.3 is 14.6 Å². The summed E-state index contributed by atoms with van der Waals surface area (Å²) in [7, 11) is 3.68. The van der Waals surface area contributed by atoms with Gasteiger partial charge in [-0.3, -0.25) is 4.99 Å². The fourth-order valence-corrected chi connectivity index (χ4v) is 2.78. The van der Waals surface area contributed by atoms with Crippen molar-refractivity contribution in [2.24, 2.45) is 4.99 Å². The Morgan fingerprint density at radius 1 is 1.28 bits per heavy atom. The average Bonchev–Trinajstić information content (AvgIpc) is 3.01. The molecule has 0 atom stereocenters. The van der Waals surface area contributed by atoms with Crippen LogP contribution in [0.2, 0.25) is 0 Å². The monoisotopic (exact) mass is 339 g/mol. The Kier molecular flexibility index (Phi) is 5.28.